The van der Waals surface area contributed by atoms with Gasteiger partial charge in [-0.05, 0) is 43.0 Å². The molecule has 23 heavy (non-hydrogen) atoms. The zero-order valence-corrected chi connectivity index (χ0v) is 14.3. The quantitative estimate of drug-likeness (QED) is 0.779. The predicted octanol–water partition coefficient (Wildman–Crippen LogP) is 4.34. The minimum Gasteiger partial charge on any atom is -0.490 e. The van der Waals surface area contributed by atoms with Crippen molar-refractivity contribution in [2.24, 2.45) is 0 Å². The summed E-state index contributed by atoms with van der Waals surface area (Å²) in [5.41, 5.74) is 2.40. The van der Waals surface area contributed by atoms with Gasteiger partial charge in [-0.25, -0.2) is 0 Å². The van der Waals surface area contributed by atoms with Crippen molar-refractivity contribution in [2.45, 2.75) is 39.0 Å². The van der Waals surface area contributed by atoms with Crippen LogP contribution >= 0.6 is 12.4 Å². The lowest BCUT2D eigenvalue weighted by Gasteiger charge is -2.14. The third-order valence-corrected chi connectivity index (χ3v) is 3.72. The maximum atomic E-state index is 5.92. The largest absolute Gasteiger partial charge is 0.490 e. The van der Waals surface area contributed by atoms with Crippen molar-refractivity contribution in [1.29, 1.82) is 0 Å². The van der Waals surface area contributed by atoms with Crippen molar-refractivity contribution in [1.82, 2.24) is 5.32 Å². The average molecular weight is 334 g/mol. The van der Waals surface area contributed by atoms with Gasteiger partial charge < -0.3 is 14.8 Å². The minimum atomic E-state index is 0. The first-order chi connectivity index (χ1) is 10.8. The highest BCUT2D eigenvalue weighted by Gasteiger charge is 2.20. The van der Waals surface area contributed by atoms with Gasteiger partial charge in [0.2, 0.25) is 0 Å². The first kappa shape index (κ1) is 17.6. The van der Waals surface area contributed by atoms with Crippen LogP contribution in [0, 0.1) is 0 Å². The van der Waals surface area contributed by atoms with Gasteiger partial charge in [0.05, 0.1) is 6.61 Å². The van der Waals surface area contributed by atoms with E-state index in [0.717, 1.165) is 23.6 Å². The van der Waals surface area contributed by atoms with Crippen molar-refractivity contribution in [3.63, 3.8) is 0 Å². The van der Waals surface area contributed by atoms with E-state index in [1.54, 1.807) is 0 Å². The second-order valence-electron chi connectivity index (χ2n) is 5.64. The van der Waals surface area contributed by atoms with Gasteiger partial charge in [-0.3, -0.25) is 0 Å². The van der Waals surface area contributed by atoms with E-state index in [9.17, 15) is 0 Å². The molecule has 1 aliphatic carbocycles. The summed E-state index contributed by atoms with van der Waals surface area (Å²) >= 11 is 0. The van der Waals surface area contributed by atoms with Gasteiger partial charge in [-0.2, -0.15) is 0 Å². The third-order valence-electron chi connectivity index (χ3n) is 3.72. The fourth-order valence-corrected chi connectivity index (χ4v) is 2.33. The summed E-state index contributed by atoms with van der Waals surface area (Å²) in [6, 6.07) is 17.1. The van der Waals surface area contributed by atoms with Crippen LogP contribution in [-0.4, -0.2) is 12.6 Å². The number of hydrogen-bond donors (Lipinski definition) is 1. The number of ether oxygens (including phenoxy) is 2. The van der Waals surface area contributed by atoms with Gasteiger partial charge in [0.15, 0.2) is 11.5 Å². The summed E-state index contributed by atoms with van der Waals surface area (Å²) in [6.45, 7) is 4.08. The molecule has 1 aliphatic rings. The Balaban J connectivity index is 0.00000192. The molecule has 2 aromatic rings. The van der Waals surface area contributed by atoms with Crippen LogP contribution in [0.2, 0.25) is 0 Å². The van der Waals surface area contributed by atoms with Crippen LogP contribution in [0.3, 0.4) is 0 Å². The number of rotatable bonds is 8. The predicted molar refractivity (Wildman–Crippen MR) is 95.5 cm³/mol. The lowest BCUT2D eigenvalue weighted by atomic mass is 10.2. The molecule has 1 fully saturated rings. The SMILES string of the molecule is CCOc1cc(CNC2CC2)ccc1OCc1ccccc1.Cl. The summed E-state index contributed by atoms with van der Waals surface area (Å²) in [5, 5.41) is 3.52. The molecule has 0 saturated heterocycles. The summed E-state index contributed by atoms with van der Waals surface area (Å²) < 4.78 is 11.7. The summed E-state index contributed by atoms with van der Waals surface area (Å²) in [5.74, 6) is 1.63. The molecule has 2 aromatic carbocycles. The molecule has 4 heteroatoms. The molecule has 0 spiro atoms. The van der Waals surface area contributed by atoms with E-state index in [-0.39, 0.29) is 12.4 Å². The molecule has 0 atom stereocenters. The first-order valence-electron chi connectivity index (χ1n) is 8.01. The van der Waals surface area contributed by atoms with Gasteiger partial charge >= 0.3 is 0 Å². The molecule has 124 valence electrons. The van der Waals surface area contributed by atoms with E-state index >= 15 is 0 Å². The van der Waals surface area contributed by atoms with Crippen LogP contribution < -0.4 is 14.8 Å². The smallest absolute Gasteiger partial charge is 0.161 e. The molecule has 0 aromatic heterocycles. The zero-order valence-electron chi connectivity index (χ0n) is 13.5. The molecule has 1 N–H and O–H groups in total. The molecule has 0 heterocycles. The molecule has 0 unspecified atom stereocenters. The van der Waals surface area contributed by atoms with E-state index < -0.39 is 0 Å². The van der Waals surface area contributed by atoms with E-state index in [1.807, 2.05) is 31.2 Å². The van der Waals surface area contributed by atoms with Gasteiger partial charge in [-0.1, -0.05) is 36.4 Å². The van der Waals surface area contributed by atoms with Gasteiger partial charge in [-0.15, -0.1) is 12.4 Å². The van der Waals surface area contributed by atoms with Crippen LogP contribution in [0.1, 0.15) is 30.9 Å². The fraction of sp³-hybridized carbons (Fsp3) is 0.368. The van der Waals surface area contributed by atoms with Crippen molar-refractivity contribution < 1.29 is 9.47 Å². The molecule has 0 bridgehead atoms. The van der Waals surface area contributed by atoms with Crippen LogP contribution in [0.15, 0.2) is 48.5 Å². The maximum absolute atomic E-state index is 5.92. The number of benzene rings is 2. The Labute approximate surface area is 144 Å². The molecule has 0 aliphatic heterocycles. The Morgan fingerprint density at radius 1 is 0.957 bits per heavy atom. The highest BCUT2D eigenvalue weighted by Crippen LogP contribution is 2.29. The Bertz CT molecular complexity index is 600. The average Bonchev–Trinajstić information content (AvgIpc) is 3.38. The Morgan fingerprint density at radius 3 is 2.43 bits per heavy atom. The highest BCUT2D eigenvalue weighted by atomic mass is 35.5. The molecular formula is C19H24ClNO2. The first-order valence-corrected chi connectivity index (χ1v) is 8.01. The molecule has 3 nitrogen and oxygen atoms in total. The van der Waals surface area contributed by atoms with E-state index in [1.165, 1.54) is 18.4 Å². The topological polar surface area (TPSA) is 30.5 Å². The standard InChI is InChI=1S/C19H23NO2.ClH/c1-2-21-19-12-16(13-20-17-9-10-17)8-11-18(19)22-14-15-6-4-3-5-7-15;/h3-8,11-12,17,20H,2,9-10,13-14H2,1H3;1H. The van der Waals surface area contributed by atoms with Crippen molar-refractivity contribution in [3.8, 4) is 11.5 Å². The number of hydrogen-bond acceptors (Lipinski definition) is 3. The van der Waals surface area contributed by atoms with E-state index in [0.29, 0.717) is 19.3 Å². The van der Waals surface area contributed by atoms with Crippen LogP contribution in [-0.2, 0) is 13.2 Å². The molecule has 0 amide bonds. The fourth-order valence-electron chi connectivity index (χ4n) is 2.33. The lowest BCUT2D eigenvalue weighted by molar-refractivity contribution is 0.269. The van der Waals surface area contributed by atoms with Gasteiger partial charge in [0.25, 0.3) is 0 Å². The van der Waals surface area contributed by atoms with Crippen LogP contribution in [0.25, 0.3) is 0 Å². The lowest BCUT2D eigenvalue weighted by Crippen LogP contribution is -2.15. The minimum absolute atomic E-state index is 0. The second kappa shape index (κ2) is 8.80. The summed E-state index contributed by atoms with van der Waals surface area (Å²) in [6.07, 6.45) is 2.60. The van der Waals surface area contributed by atoms with E-state index in [2.05, 4.69) is 29.6 Å². The van der Waals surface area contributed by atoms with Crippen LogP contribution in [0.4, 0.5) is 0 Å². The molecule has 3 rings (SSSR count). The number of halogens is 1. The summed E-state index contributed by atoms with van der Waals surface area (Å²) in [4.78, 5) is 0. The molecular weight excluding hydrogens is 310 g/mol. The Kier molecular flexibility index (Phi) is 6.75. The number of nitrogens with one attached hydrogen (secondary N) is 1. The maximum Gasteiger partial charge on any atom is 0.161 e. The van der Waals surface area contributed by atoms with E-state index in [4.69, 9.17) is 9.47 Å². The van der Waals surface area contributed by atoms with Crippen LogP contribution in [0.5, 0.6) is 11.5 Å². The van der Waals surface area contributed by atoms with Crippen molar-refractivity contribution in [2.75, 3.05) is 6.61 Å². The second-order valence-corrected chi connectivity index (χ2v) is 5.64. The normalized spacial score (nSPS) is 13.3. The van der Waals surface area contributed by atoms with Crippen molar-refractivity contribution >= 4 is 12.4 Å². The zero-order chi connectivity index (χ0) is 15.2. The monoisotopic (exact) mass is 333 g/mol. The van der Waals surface area contributed by atoms with Gasteiger partial charge in [0, 0.05) is 12.6 Å². The third kappa shape index (κ3) is 5.45. The molecule has 0 radical (unpaired) electrons. The Morgan fingerprint density at radius 2 is 1.74 bits per heavy atom. The molecule has 1 saturated carbocycles. The van der Waals surface area contributed by atoms with Crippen molar-refractivity contribution in [3.05, 3.63) is 59.7 Å². The van der Waals surface area contributed by atoms with Gasteiger partial charge in [0.1, 0.15) is 6.61 Å². The summed E-state index contributed by atoms with van der Waals surface area (Å²) in [7, 11) is 0. The Hall–Kier alpha value is -1.71. The highest BCUT2D eigenvalue weighted by molar-refractivity contribution is 5.85.